The lowest BCUT2D eigenvalue weighted by atomic mass is 10.0. The molecule has 2 aromatic rings. The molecule has 3 atom stereocenters. The molecule has 1 fully saturated rings. The van der Waals surface area contributed by atoms with Gasteiger partial charge in [-0.25, -0.2) is 0 Å². The molecular weight excluding hydrogens is 336 g/mol. The quantitative estimate of drug-likeness (QED) is 0.611. The van der Waals surface area contributed by atoms with Gasteiger partial charge in [0.2, 0.25) is 0 Å². The maximum absolute atomic E-state index is 9.87. The number of hydrogen-bond donors (Lipinski definition) is 4. The summed E-state index contributed by atoms with van der Waals surface area (Å²) in [6, 6.07) is 11.7. The average Bonchev–Trinajstić information content (AvgIpc) is 2.59. The van der Waals surface area contributed by atoms with E-state index in [1.807, 2.05) is 30.3 Å². The highest BCUT2D eigenvalue weighted by molar-refractivity contribution is 5.71. The van der Waals surface area contributed by atoms with Crippen molar-refractivity contribution in [3.05, 3.63) is 53.6 Å². The van der Waals surface area contributed by atoms with Crippen LogP contribution in [0.5, 0.6) is 17.2 Å². The summed E-state index contributed by atoms with van der Waals surface area (Å²) in [5.74, 6) is 0.667. The van der Waals surface area contributed by atoms with Crippen molar-refractivity contribution in [3.63, 3.8) is 0 Å². The van der Waals surface area contributed by atoms with Crippen LogP contribution in [0.1, 0.15) is 17.5 Å². The van der Waals surface area contributed by atoms with Gasteiger partial charge in [-0.3, -0.25) is 0 Å². The summed E-state index contributed by atoms with van der Waals surface area (Å²) in [6.07, 6.45) is 2.12. The number of aromatic hydroxyl groups is 2. The first-order valence-electron chi connectivity index (χ1n) is 8.41. The summed E-state index contributed by atoms with van der Waals surface area (Å²) in [5, 5.41) is 38.2. The van der Waals surface area contributed by atoms with Gasteiger partial charge in [-0.05, 0) is 35.4 Å². The number of hydrogen-bond acceptors (Lipinski definition) is 6. The van der Waals surface area contributed by atoms with Crippen molar-refractivity contribution in [2.24, 2.45) is 0 Å². The van der Waals surface area contributed by atoms with E-state index in [4.69, 9.17) is 9.47 Å². The number of aliphatic hydroxyl groups excluding tert-OH is 2. The fraction of sp³-hybridized carbons (Fsp3) is 0.300. The zero-order chi connectivity index (χ0) is 18.5. The van der Waals surface area contributed by atoms with Gasteiger partial charge < -0.3 is 29.9 Å². The van der Waals surface area contributed by atoms with Crippen LogP contribution in [0.4, 0.5) is 0 Å². The van der Waals surface area contributed by atoms with Crippen LogP contribution >= 0.6 is 0 Å². The minimum absolute atomic E-state index is 0.00744. The monoisotopic (exact) mass is 358 g/mol. The average molecular weight is 358 g/mol. The van der Waals surface area contributed by atoms with Gasteiger partial charge in [0.15, 0.2) is 0 Å². The molecule has 0 spiro atoms. The van der Waals surface area contributed by atoms with Crippen LogP contribution in [0.2, 0.25) is 0 Å². The summed E-state index contributed by atoms with van der Waals surface area (Å²) in [5.41, 5.74) is 1.62. The van der Waals surface area contributed by atoms with Crippen LogP contribution in [0, 0.1) is 0 Å². The van der Waals surface area contributed by atoms with E-state index in [1.165, 1.54) is 6.07 Å². The number of phenolic OH excluding ortho intramolecular Hbond substituents is 2. The zero-order valence-electron chi connectivity index (χ0n) is 14.2. The van der Waals surface area contributed by atoms with E-state index in [0.717, 1.165) is 5.56 Å². The van der Waals surface area contributed by atoms with Gasteiger partial charge in [-0.15, -0.1) is 0 Å². The molecule has 6 nitrogen and oxygen atoms in total. The predicted octanol–water partition coefficient (Wildman–Crippen LogP) is 2.16. The molecular formula is C20H22O6. The molecule has 4 N–H and O–H groups in total. The van der Waals surface area contributed by atoms with E-state index in [-0.39, 0.29) is 24.7 Å². The van der Waals surface area contributed by atoms with E-state index in [9.17, 15) is 20.4 Å². The molecule has 1 heterocycles. The van der Waals surface area contributed by atoms with Gasteiger partial charge in [0.1, 0.15) is 30.0 Å². The Kier molecular flexibility index (Phi) is 5.78. The van der Waals surface area contributed by atoms with Gasteiger partial charge in [-0.1, -0.05) is 24.3 Å². The second-order valence-corrected chi connectivity index (χ2v) is 6.32. The Labute approximate surface area is 151 Å². The lowest BCUT2D eigenvalue weighted by Gasteiger charge is -2.30. The predicted molar refractivity (Wildman–Crippen MR) is 97.0 cm³/mol. The summed E-state index contributed by atoms with van der Waals surface area (Å²) in [4.78, 5) is 0. The zero-order valence-corrected chi connectivity index (χ0v) is 14.2. The fourth-order valence-corrected chi connectivity index (χ4v) is 2.76. The van der Waals surface area contributed by atoms with Crippen LogP contribution in [0.15, 0.2) is 42.5 Å². The lowest BCUT2D eigenvalue weighted by molar-refractivity contribution is -0.133. The Bertz CT molecular complexity index is 735. The first-order valence-corrected chi connectivity index (χ1v) is 8.41. The highest BCUT2D eigenvalue weighted by Crippen LogP contribution is 2.22. The second kappa shape index (κ2) is 8.23. The van der Waals surface area contributed by atoms with Crippen molar-refractivity contribution in [2.45, 2.75) is 24.7 Å². The Hall–Kier alpha value is -2.54. The maximum Gasteiger partial charge on any atom is 0.119 e. The van der Waals surface area contributed by atoms with Gasteiger partial charge >= 0.3 is 0 Å². The molecule has 0 amide bonds. The van der Waals surface area contributed by atoms with Crippen LogP contribution in [-0.2, 0) is 4.74 Å². The molecule has 138 valence electrons. The molecule has 3 rings (SSSR count). The van der Waals surface area contributed by atoms with E-state index in [2.05, 4.69) is 0 Å². The molecule has 2 aromatic carbocycles. The summed E-state index contributed by atoms with van der Waals surface area (Å²) >= 11 is 0. The minimum atomic E-state index is -0.736. The molecule has 1 aliphatic heterocycles. The Morgan fingerprint density at radius 2 is 1.62 bits per heavy atom. The number of ether oxygens (including phenoxy) is 2. The van der Waals surface area contributed by atoms with Crippen LogP contribution in [-0.4, -0.2) is 52.0 Å². The molecule has 26 heavy (non-hydrogen) atoms. The third-order valence-corrected chi connectivity index (χ3v) is 4.13. The van der Waals surface area contributed by atoms with E-state index in [1.54, 1.807) is 18.2 Å². The van der Waals surface area contributed by atoms with Crippen molar-refractivity contribution < 1.29 is 29.9 Å². The Morgan fingerprint density at radius 1 is 0.962 bits per heavy atom. The Balaban J connectivity index is 1.55. The van der Waals surface area contributed by atoms with E-state index < -0.39 is 18.3 Å². The smallest absolute Gasteiger partial charge is 0.119 e. The summed E-state index contributed by atoms with van der Waals surface area (Å²) in [6.45, 7) is 0.422. The molecule has 0 aromatic heterocycles. The van der Waals surface area contributed by atoms with Crippen molar-refractivity contribution >= 4 is 12.2 Å². The van der Waals surface area contributed by atoms with Crippen molar-refractivity contribution in [1.29, 1.82) is 0 Å². The van der Waals surface area contributed by atoms with Crippen molar-refractivity contribution in [1.82, 2.24) is 0 Å². The van der Waals surface area contributed by atoms with Crippen molar-refractivity contribution in [2.75, 3.05) is 13.2 Å². The standard InChI is InChI=1S/C20H22O6/c21-15-7-14(8-16(22)9-15)2-1-13-3-5-18(6-4-13)25-12-20-19(24)10-17(23)11-26-20/h1-9,17,19-24H,10-12H2/b2-1-/t17-,19+,20?/m0/s1. The molecule has 0 bridgehead atoms. The topological polar surface area (TPSA) is 99.4 Å². The lowest BCUT2D eigenvalue weighted by Crippen LogP contribution is -2.44. The second-order valence-electron chi connectivity index (χ2n) is 6.32. The first-order chi connectivity index (χ1) is 12.5. The van der Waals surface area contributed by atoms with Gasteiger partial charge in [-0.2, -0.15) is 0 Å². The first kappa shape index (κ1) is 18.3. The number of benzene rings is 2. The number of phenols is 2. The number of rotatable bonds is 5. The van der Waals surface area contributed by atoms with E-state index >= 15 is 0 Å². The van der Waals surface area contributed by atoms with Crippen molar-refractivity contribution in [3.8, 4) is 17.2 Å². The third-order valence-electron chi connectivity index (χ3n) is 4.13. The third kappa shape index (κ3) is 4.98. The summed E-state index contributed by atoms with van der Waals surface area (Å²) < 4.78 is 11.0. The SMILES string of the molecule is Oc1cc(O)cc(/C=C\c2ccc(OCC3OC[C@@H](O)C[C@H]3O)cc2)c1. The molecule has 1 aliphatic rings. The van der Waals surface area contributed by atoms with E-state index in [0.29, 0.717) is 17.7 Å². The molecule has 6 heteroatoms. The van der Waals surface area contributed by atoms with Gasteiger partial charge in [0.25, 0.3) is 0 Å². The van der Waals surface area contributed by atoms with Crippen LogP contribution in [0.3, 0.4) is 0 Å². The molecule has 1 unspecified atom stereocenters. The maximum atomic E-state index is 9.87. The minimum Gasteiger partial charge on any atom is -0.508 e. The fourth-order valence-electron chi connectivity index (χ4n) is 2.76. The molecule has 0 radical (unpaired) electrons. The largest absolute Gasteiger partial charge is 0.508 e. The Morgan fingerprint density at radius 3 is 2.27 bits per heavy atom. The molecule has 0 aliphatic carbocycles. The normalized spacial score (nSPS) is 23.2. The molecule has 0 saturated carbocycles. The van der Waals surface area contributed by atoms with Gasteiger partial charge in [0.05, 0.1) is 18.8 Å². The van der Waals surface area contributed by atoms with Crippen LogP contribution < -0.4 is 4.74 Å². The highest BCUT2D eigenvalue weighted by atomic mass is 16.5. The van der Waals surface area contributed by atoms with Gasteiger partial charge in [0, 0.05) is 12.5 Å². The molecule has 1 saturated heterocycles. The number of aliphatic hydroxyl groups is 2. The summed E-state index contributed by atoms with van der Waals surface area (Å²) in [7, 11) is 0. The van der Waals surface area contributed by atoms with Crippen LogP contribution in [0.25, 0.3) is 12.2 Å². The highest BCUT2D eigenvalue weighted by Gasteiger charge is 2.29.